The molecule has 22 heavy (non-hydrogen) atoms. The van der Waals surface area contributed by atoms with E-state index >= 15 is 0 Å². The van der Waals surface area contributed by atoms with Crippen molar-refractivity contribution in [2.45, 2.75) is 32.1 Å². The number of rotatable bonds is 5. The molecular formula is C19H25N3. The summed E-state index contributed by atoms with van der Waals surface area (Å²) in [5.41, 5.74) is 10.1. The van der Waals surface area contributed by atoms with Gasteiger partial charge in [0, 0.05) is 17.9 Å². The lowest BCUT2D eigenvalue weighted by atomic mass is 9.89. The zero-order valence-electron chi connectivity index (χ0n) is 13.0. The number of nitrogen functional groups attached to an aromatic ring is 1. The van der Waals surface area contributed by atoms with Crippen molar-refractivity contribution >= 4 is 22.7 Å². The summed E-state index contributed by atoms with van der Waals surface area (Å²) in [5.74, 6) is 0.801. The predicted octanol–water partition coefficient (Wildman–Crippen LogP) is 5.00. The highest BCUT2D eigenvalue weighted by molar-refractivity contribution is 5.73. The van der Waals surface area contributed by atoms with Crippen molar-refractivity contribution in [2.24, 2.45) is 5.92 Å². The van der Waals surface area contributed by atoms with Gasteiger partial charge in [0.05, 0.1) is 11.4 Å². The number of anilines is 4. The monoisotopic (exact) mass is 295 g/mol. The van der Waals surface area contributed by atoms with Crippen molar-refractivity contribution < 1.29 is 0 Å². The zero-order chi connectivity index (χ0) is 15.2. The fourth-order valence-corrected chi connectivity index (χ4v) is 3.14. The summed E-state index contributed by atoms with van der Waals surface area (Å²) >= 11 is 0. The number of hydrogen-bond acceptors (Lipinski definition) is 3. The predicted molar refractivity (Wildman–Crippen MR) is 95.6 cm³/mol. The maximum Gasteiger partial charge on any atom is 0.0575 e. The molecule has 0 aliphatic heterocycles. The van der Waals surface area contributed by atoms with E-state index in [1.165, 1.54) is 32.1 Å². The minimum absolute atomic E-state index is 0.801. The SMILES string of the molecule is Nc1cc(Nc2ccccc2)ccc1NCC1CCCCC1. The highest BCUT2D eigenvalue weighted by Crippen LogP contribution is 2.28. The second kappa shape index (κ2) is 7.21. The van der Waals surface area contributed by atoms with Crippen LogP contribution in [0.15, 0.2) is 48.5 Å². The summed E-state index contributed by atoms with van der Waals surface area (Å²) in [6.07, 6.45) is 6.85. The zero-order valence-corrected chi connectivity index (χ0v) is 13.0. The van der Waals surface area contributed by atoms with Gasteiger partial charge in [-0.1, -0.05) is 37.5 Å². The van der Waals surface area contributed by atoms with E-state index in [0.717, 1.165) is 35.2 Å². The van der Waals surface area contributed by atoms with Crippen molar-refractivity contribution in [3.05, 3.63) is 48.5 Å². The molecular weight excluding hydrogens is 270 g/mol. The van der Waals surface area contributed by atoms with Crippen LogP contribution in [0.2, 0.25) is 0 Å². The summed E-state index contributed by atoms with van der Waals surface area (Å²) in [7, 11) is 0. The molecule has 1 aliphatic rings. The van der Waals surface area contributed by atoms with Crippen LogP contribution >= 0.6 is 0 Å². The Morgan fingerprint density at radius 1 is 0.909 bits per heavy atom. The Kier molecular flexibility index (Phi) is 4.84. The topological polar surface area (TPSA) is 50.1 Å². The fourth-order valence-electron chi connectivity index (χ4n) is 3.14. The van der Waals surface area contributed by atoms with Crippen LogP contribution in [-0.2, 0) is 0 Å². The molecule has 0 saturated heterocycles. The van der Waals surface area contributed by atoms with Crippen LogP contribution in [0.3, 0.4) is 0 Å². The quantitative estimate of drug-likeness (QED) is 0.680. The third-order valence-electron chi connectivity index (χ3n) is 4.42. The molecule has 1 saturated carbocycles. The Morgan fingerprint density at radius 3 is 2.41 bits per heavy atom. The summed E-state index contributed by atoms with van der Waals surface area (Å²) in [4.78, 5) is 0. The van der Waals surface area contributed by atoms with Crippen LogP contribution < -0.4 is 16.4 Å². The minimum Gasteiger partial charge on any atom is -0.397 e. The van der Waals surface area contributed by atoms with Gasteiger partial charge in [0.1, 0.15) is 0 Å². The molecule has 2 aromatic rings. The number of nitrogens with two attached hydrogens (primary N) is 1. The fraction of sp³-hybridized carbons (Fsp3) is 0.368. The second-order valence-corrected chi connectivity index (χ2v) is 6.18. The molecule has 3 nitrogen and oxygen atoms in total. The third kappa shape index (κ3) is 3.94. The summed E-state index contributed by atoms with van der Waals surface area (Å²) in [6, 6.07) is 16.3. The first kappa shape index (κ1) is 14.8. The van der Waals surface area contributed by atoms with Crippen molar-refractivity contribution in [3.63, 3.8) is 0 Å². The van der Waals surface area contributed by atoms with E-state index in [4.69, 9.17) is 5.73 Å². The molecule has 0 heterocycles. The molecule has 0 aromatic heterocycles. The van der Waals surface area contributed by atoms with E-state index in [1.807, 2.05) is 36.4 Å². The average Bonchev–Trinajstić information content (AvgIpc) is 2.56. The van der Waals surface area contributed by atoms with Gasteiger partial charge < -0.3 is 16.4 Å². The molecule has 1 aliphatic carbocycles. The first-order valence-corrected chi connectivity index (χ1v) is 8.27. The molecule has 0 unspecified atom stereocenters. The first-order valence-electron chi connectivity index (χ1n) is 8.27. The number of hydrogen-bond donors (Lipinski definition) is 3. The molecule has 3 heteroatoms. The Morgan fingerprint density at radius 2 is 1.68 bits per heavy atom. The second-order valence-electron chi connectivity index (χ2n) is 6.18. The van der Waals surface area contributed by atoms with Gasteiger partial charge >= 0.3 is 0 Å². The molecule has 0 amide bonds. The Balaban J connectivity index is 1.59. The van der Waals surface area contributed by atoms with Crippen LogP contribution in [0.25, 0.3) is 0 Å². The van der Waals surface area contributed by atoms with E-state index in [0.29, 0.717) is 0 Å². The molecule has 0 atom stereocenters. The van der Waals surface area contributed by atoms with Crippen molar-refractivity contribution in [1.82, 2.24) is 0 Å². The van der Waals surface area contributed by atoms with E-state index < -0.39 is 0 Å². The maximum atomic E-state index is 6.19. The molecule has 0 spiro atoms. The van der Waals surface area contributed by atoms with Gasteiger partial charge in [0.15, 0.2) is 0 Å². The Hall–Kier alpha value is -2.16. The molecule has 3 rings (SSSR count). The third-order valence-corrected chi connectivity index (χ3v) is 4.42. The van der Waals surface area contributed by atoms with Crippen LogP contribution in [0.1, 0.15) is 32.1 Å². The lowest BCUT2D eigenvalue weighted by molar-refractivity contribution is 0.373. The van der Waals surface area contributed by atoms with Crippen LogP contribution in [-0.4, -0.2) is 6.54 Å². The van der Waals surface area contributed by atoms with E-state index in [2.05, 4.69) is 22.8 Å². The minimum atomic E-state index is 0.801. The summed E-state index contributed by atoms with van der Waals surface area (Å²) < 4.78 is 0. The number of nitrogens with one attached hydrogen (secondary N) is 2. The number of benzene rings is 2. The molecule has 0 radical (unpaired) electrons. The van der Waals surface area contributed by atoms with Gasteiger partial charge in [-0.3, -0.25) is 0 Å². The van der Waals surface area contributed by atoms with Gasteiger partial charge in [0.2, 0.25) is 0 Å². The standard InChI is InChI=1S/C19H25N3/c20-18-13-17(22-16-9-5-2-6-10-16)11-12-19(18)21-14-15-7-3-1-4-8-15/h2,5-6,9-13,15,21-22H,1,3-4,7-8,14,20H2. The first-order chi connectivity index (χ1) is 10.8. The van der Waals surface area contributed by atoms with Crippen LogP contribution in [0, 0.1) is 5.92 Å². The van der Waals surface area contributed by atoms with Crippen molar-refractivity contribution in [1.29, 1.82) is 0 Å². The molecule has 116 valence electrons. The summed E-state index contributed by atoms with van der Waals surface area (Å²) in [6.45, 7) is 1.04. The van der Waals surface area contributed by atoms with E-state index in [9.17, 15) is 0 Å². The molecule has 0 bridgehead atoms. The lowest BCUT2D eigenvalue weighted by Crippen LogP contribution is -2.17. The summed E-state index contributed by atoms with van der Waals surface area (Å²) in [5, 5.41) is 6.89. The maximum absolute atomic E-state index is 6.19. The van der Waals surface area contributed by atoms with Gasteiger partial charge in [-0.2, -0.15) is 0 Å². The van der Waals surface area contributed by atoms with E-state index in [1.54, 1.807) is 0 Å². The van der Waals surface area contributed by atoms with E-state index in [-0.39, 0.29) is 0 Å². The average molecular weight is 295 g/mol. The van der Waals surface area contributed by atoms with Gasteiger partial charge in [-0.25, -0.2) is 0 Å². The lowest BCUT2D eigenvalue weighted by Gasteiger charge is -2.22. The largest absolute Gasteiger partial charge is 0.397 e. The molecule has 1 fully saturated rings. The highest BCUT2D eigenvalue weighted by Gasteiger charge is 2.13. The Bertz CT molecular complexity index is 589. The number of para-hydroxylation sites is 1. The van der Waals surface area contributed by atoms with Crippen molar-refractivity contribution in [2.75, 3.05) is 22.9 Å². The van der Waals surface area contributed by atoms with Gasteiger partial charge in [0.25, 0.3) is 0 Å². The normalized spacial score (nSPS) is 15.5. The Labute approximate surface area is 132 Å². The smallest absolute Gasteiger partial charge is 0.0575 e. The molecule has 2 aromatic carbocycles. The highest BCUT2D eigenvalue weighted by atomic mass is 14.9. The van der Waals surface area contributed by atoms with Crippen molar-refractivity contribution in [3.8, 4) is 0 Å². The van der Waals surface area contributed by atoms with Crippen LogP contribution in [0.4, 0.5) is 22.7 Å². The molecule has 4 N–H and O–H groups in total. The van der Waals surface area contributed by atoms with Gasteiger partial charge in [-0.05, 0) is 49.1 Å². The van der Waals surface area contributed by atoms with Crippen LogP contribution in [0.5, 0.6) is 0 Å². The van der Waals surface area contributed by atoms with Gasteiger partial charge in [-0.15, -0.1) is 0 Å².